The van der Waals surface area contributed by atoms with Gasteiger partial charge in [0.05, 0.1) is 23.2 Å². The van der Waals surface area contributed by atoms with Crippen LogP contribution in [0, 0.1) is 0 Å². The summed E-state index contributed by atoms with van der Waals surface area (Å²) in [5, 5.41) is 0.849. The van der Waals surface area contributed by atoms with Gasteiger partial charge in [-0.2, -0.15) is 4.57 Å². The Bertz CT molecular complexity index is 1550. The molecular formula is C30H28N3O4+. The van der Waals surface area contributed by atoms with Crippen LogP contribution in [0.4, 0.5) is 5.69 Å². The highest BCUT2D eigenvalue weighted by Crippen LogP contribution is 2.23. The number of anilines is 1. The molecule has 0 spiro atoms. The van der Waals surface area contributed by atoms with Gasteiger partial charge in [-0.25, -0.2) is 4.79 Å². The monoisotopic (exact) mass is 494 g/mol. The number of rotatable bonds is 8. The Morgan fingerprint density at radius 2 is 1.57 bits per heavy atom. The van der Waals surface area contributed by atoms with E-state index in [4.69, 9.17) is 4.42 Å². The fraction of sp³-hybridized carbons (Fsp3) is 0.200. The minimum absolute atomic E-state index is 0.245. The lowest BCUT2D eigenvalue weighted by atomic mass is 10.1. The first-order chi connectivity index (χ1) is 18.0. The van der Waals surface area contributed by atoms with Crippen LogP contribution in [0.2, 0.25) is 0 Å². The summed E-state index contributed by atoms with van der Waals surface area (Å²) >= 11 is 0. The van der Waals surface area contributed by atoms with Crippen molar-refractivity contribution in [1.82, 2.24) is 4.90 Å². The van der Waals surface area contributed by atoms with Crippen LogP contribution in [0.1, 0.15) is 45.8 Å². The summed E-state index contributed by atoms with van der Waals surface area (Å²) in [4.78, 5) is 41.6. The standard InChI is InChI=1S/C30H28N3O4/c1-3-31(4-2)24-15-12-21-19-22(30(36)37-27(21)20-24)13-14-23-9-7-8-16-32(23)17-18-33-28(34)25-10-5-6-11-26(25)29(33)35/h5-16,19-20H,3-4,17-18H2,1-2H3/q+1. The first-order valence-electron chi connectivity index (χ1n) is 12.4. The van der Waals surface area contributed by atoms with Crippen molar-refractivity contribution >= 4 is 40.6 Å². The molecule has 2 aromatic heterocycles. The Morgan fingerprint density at radius 1 is 0.865 bits per heavy atom. The predicted molar refractivity (Wildman–Crippen MR) is 143 cm³/mol. The van der Waals surface area contributed by atoms with Crippen LogP contribution < -0.4 is 15.1 Å². The number of fused-ring (bicyclic) bond motifs is 2. The van der Waals surface area contributed by atoms with Crippen molar-refractivity contribution in [3.05, 3.63) is 106 Å². The highest BCUT2D eigenvalue weighted by atomic mass is 16.4. The fourth-order valence-corrected chi connectivity index (χ4v) is 4.69. The molecule has 0 N–H and O–H groups in total. The highest BCUT2D eigenvalue weighted by Gasteiger charge is 2.35. The summed E-state index contributed by atoms with van der Waals surface area (Å²) < 4.78 is 7.58. The molecule has 4 aromatic rings. The number of pyridine rings is 1. The van der Waals surface area contributed by atoms with Gasteiger partial charge in [0.25, 0.3) is 11.8 Å². The van der Waals surface area contributed by atoms with Crippen LogP contribution in [0.25, 0.3) is 23.1 Å². The van der Waals surface area contributed by atoms with Crippen LogP contribution in [-0.2, 0) is 6.54 Å². The Morgan fingerprint density at radius 3 is 2.27 bits per heavy atom. The topological polar surface area (TPSA) is 74.7 Å². The summed E-state index contributed by atoms with van der Waals surface area (Å²) in [6.07, 6.45) is 5.46. The van der Waals surface area contributed by atoms with Crippen LogP contribution in [0.3, 0.4) is 0 Å². The number of imide groups is 1. The summed E-state index contributed by atoms with van der Waals surface area (Å²) in [6.45, 7) is 6.59. The van der Waals surface area contributed by atoms with E-state index >= 15 is 0 Å². The second-order valence-corrected chi connectivity index (χ2v) is 8.84. The summed E-state index contributed by atoms with van der Waals surface area (Å²) in [7, 11) is 0. The average Bonchev–Trinajstić information content (AvgIpc) is 3.16. The van der Waals surface area contributed by atoms with Gasteiger partial charge in [0.1, 0.15) is 5.58 Å². The molecule has 0 aliphatic carbocycles. The van der Waals surface area contributed by atoms with E-state index in [0.717, 1.165) is 29.9 Å². The fourth-order valence-electron chi connectivity index (χ4n) is 4.69. The Labute approximate surface area is 214 Å². The van der Waals surface area contributed by atoms with E-state index in [-0.39, 0.29) is 18.4 Å². The number of carbonyl (C=O) groups excluding carboxylic acids is 2. The van der Waals surface area contributed by atoms with Crippen molar-refractivity contribution in [2.75, 3.05) is 24.5 Å². The number of nitrogens with zero attached hydrogens (tertiary/aromatic N) is 3. The van der Waals surface area contributed by atoms with E-state index in [9.17, 15) is 14.4 Å². The molecule has 0 saturated heterocycles. The van der Waals surface area contributed by atoms with E-state index < -0.39 is 5.63 Å². The molecule has 7 heteroatoms. The Kier molecular flexibility index (Phi) is 6.68. The molecule has 2 aromatic carbocycles. The molecule has 3 heterocycles. The molecule has 0 atom stereocenters. The maximum Gasteiger partial charge on any atom is 0.343 e. The minimum atomic E-state index is -0.408. The van der Waals surface area contributed by atoms with E-state index in [1.807, 2.05) is 59.3 Å². The van der Waals surface area contributed by atoms with Crippen LogP contribution in [-0.4, -0.2) is 36.3 Å². The highest BCUT2D eigenvalue weighted by molar-refractivity contribution is 6.21. The molecule has 7 nitrogen and oxygen atoms in total. The zero-order valence-corrected chi connectivity index (χ0v) is 20.9. The molecule has 0 bridgehead atoms. The van der Waals surface area contributed by atoms with Gasteiger partial charge < -0.3 is 9.32 Å². The molecule has 0 fully saturated rings. The first-order valence-corrected chi connectivity index (χ1v) is 12.4. The van der Waals surface area contributed by atoms with E-state index in [1.54, 1.807) is 30.3 Å². The SMILES string of the molecule is CCN(CC)c1ccc2cc(/C=C/c3cccc[n+]3CCN3C(=O)c4ccccc4C3=O)c(=O)oc2c1. The maximum absolute atomic E-state index is 12.7. The molecule has 37 heavy (non-hydrogen) atoms. The molecule has 1 aliphatic rings. The number of aromatic nitrogens is 1. The predicted octanol–water partition coefficient (Wildman–Crippen LogP) is 4.39. The van der Waals surface area contributed by atoms with Crippen LogP contribution >= 0.6 is 0 Å². The third-order valence-corrected chi connectivity index (χ3v) is 6.73. The van der Waals surface area contributed by atoms with Gasteiger partial charge in [-0.3, -0.25) is 14.5 Å². The summed E-state index contributed by atoms with van der Waals surface area (Å²) in [6, 6.07) is 20.3. The summed E-state index contributed by atoms with van der Waals surface area (Å²) in [5.74, 6) is -0.542. The second kappa shape index (κ2) is 10.2. The lowest BCUT2D eigenvalue weighted by Gasteiger charge is -2.20. The average molecular weight is 495 g/mol. The van der Waals surface area contributed by atoms with Crippen molar-refractivity contribution in [2.24, 2.45) is 0 Å². The smallest absolute Gasteiger partial charge is 0.343 e. The zero-order chi connectivity index (χ0) is 25.9. The van der Waals surface area contributed by atoms with Crippen molar-refractivity contribution in [3.8, 4) is 0 Å². The third-order valence-electron chi connectivity index (χ3n) is 6.73. The number of hydrogen-bond acceptors (Lipinski definition) is 5. The van der Waals surface area contributed by atoms with Gasteiger partial charge in [-0.1, -0.05) is 12.1 Å². The minimum Gasteiger partial charge on any atom is -0.422 e. The van der Waals surface area contributed by atoms with E-state index in [1.165, 1.54) is 4.90 Å². The number of carbonyl (C=O) groups is 2. The Hall–Kier alpha value is -4.52. The molecule has 186 valence electrons. The molecule has 0 unspecified atom stereocenters. The largest absolute Gasteiger partial charge is 0.422 e. The third kappa shape index (κ3) is 4.68. The zero-order valence-electron chi connectivity index (χ0n) is 20.9. The molecule has 1 aliphatic heterocycles. The van der Waals surface area contributed by atoms with Gasteiger partial charge in [0.15, 0.2) is 12.7 Å². The van der Waals surface area contributed by atoms with Crippen molar-refractivity contribution in [3.63, 3.8) is 0 Å². The molecular weight excluding hydrogens is 466 g/mol. The number of benzene rings is 2. The lowest BCUT2D eigenvalue weighted by molar-refractivity contribution is -0.697. The normalized spacial score (nSPS) is 13.1. The van der Waals surface area contributed by atoms with Crippen LogP contribution in [0.5, 0.6) is 0 Å². The van der Waals surface area contributed by atoms with Gasteiger partial charge in [0, 0.05) is 48.4 Å². The number of hydrogen-bond donors (Lipinski definition) is 0. The lowest BCUT2D eigenvalue weighted by Crippen LogP contribution is -2.44. The van der Waals surface area contributed by atoms with Crippen LogP contribution in [0.15, 0.2) is 82.1 Å². The molecule has 5 rings (SSSR count). The van der Waals surface area contributed by atoms with E-state index in [0.29, 0.717) is 28.8 Å². The van der Waals surface area contributed by atoms with Crippen molar-refractivity contribution < 1.29 is 18.6 Å². The molecule has 0 saturated carbocycles. The van der Waals surface area contributed by atoms with Gasteiger partial charge in [0.2, 0.25) is 5.69 Å². The van der Waals surface area contributed by atoms with Crippen molar-refractivity contribution in [2.45, 2.75) is 20.4 Å². The maximum atomic E-state index is 12.7. The quantitative estimate of drug-likeness (QED) is 0.206. The van der Waals surface area contributed by atoms with Gasteiger partial charge in [-0.15, -0.1) is 0 Å². The molecule has 2 amide bonds. The van der Waals surface area contributed by atoms with Gasteiger partial charge in [-0.05, 0) is 56.3 Å². The van der Waals surface area contributed by atoms with Crippen molar-refractivity contribution in [1.29, 1.82) is 0 Å². The number of amides is 2. The van der Waals surface area contributed by atoms with Gasteiger partial charge >= 0.3 is 5.63 Å². The first kappa shape index (κ1) is 24.2. The van der Waals surface area contributed by atoms with E-state index in [2.05, 4.69) is 18.7 Å². The second-order valence-electron chi connectivity index (χ2n) is 8.84. The Balaban J connectivity index is 1.36. The molecule has 0 radical (unpaired) electrons. The summed E-state index contributed by atoms with van der Waals surface area (Å²) in [5.41, 5.74) is 3.33.